The minimum absolute atomic E-state index is 0.172. The summed E-state index contributed by atoms with van der Waals surface area (Å²) >= 11 is 3.08. The molecule has 1 aliphatic rings. The van der Waals surface area contributed by atoms with Crippen molar-refractivity contribution in [3.05, 3.63) is 28.5 Å². The molecule has 0 spiro atoms. The van der Waals surface area contributed by atoms with Crippen LogP contribution in [0.4, 0.5) is 4.39 Å². The van der Waals surface area contributed by atoms with Crippen molar-refractivity contribution >= 4 is 31.9 Å². The van der Waals surface area contributed by atoms with Crippen LogP contribution in [0, 0.1) is 11.7 Å². The van der Waals surface area contributed by atoms with Gasteiger partial charge >= 0.3 is 0 Å². The van der Waals surface area contributed by atoms with Gasteiger partial charge in [-0.15, -0.1) is 0 Å². The molecule has 0 aliphatic carbocycles. The van der Waals surface area contributed by atoms with Crippen LogP contribution in [0.15, 0.2) is 27.6 Å². The number of nitrogens with zero attached hydrogens (tertiary/aromatic N) is 1. The van der Waals surface area contributed by atoms with Crippen LogP contribution < -0.4 is 5.73 Å². The monoisotopic (exact) mass is 364 g/mol. The van der Waals surface area contributed by atoms with E-state index in [9.17, 15) is 17.6 Å². The van der Waals surface area contributed by atoms with Crippen LogP contribution >= 0.6 is 15.9 Å². The second kappa shape index (κ2) is 5.79. The highest BCUT2D eigenvalue weighted by molar-refractivity contribution is 9.10. The number of carbonyl (C=O) groups excluding carboxylic acids is 1. The summed E-state index contributed by atoms with van der Waals surface area (Å²) in [5.74, 6) is -1.52. The van der Waals surface area contributed by atoms with Crippen LogP contribution in [0.3, 0.4) is 0 Å². The summed E-state index contributed by atoms with van der Waals surface area (Å²) < 4.78 is 40.2. The number of amides is 1. The fourth-order valence-corrected chi connectivity index (χ4v) is 4.05. The highest BCUT2D eigenvalue weighted by atomic mass is 79.9. The van der Waals surface area contributed by atoms with E-state index in [1.165, 1.54) is 16.4 Å². The molecule has 1 aromatic carbocycles. The molecule has 0 unspecified atom stereocenters. The smallest absolute Gasteiger partial charge is 0.245 e. The van der Waals surface area contributed by atoms with E-state index in [4.69, 9.17) is 5.73 Å². The Morgan fingerprint density at radius 1 is 1.35 bits per heavy atom. The number of primary amides is 1. The van der Waals surface area contributed by atoms with Crippen molar-refractivity contribution in [2.24, 2.45) is 11.7 Å². The summed E-state index contributed by atoms with van der Waals surface area (Å²) in [5, 5.41) is 0. The molecule has 8 heteroatoms. The zero-order valence-corrected chi connectivity index (χ0v) is 13.0. The van der Waals surface area contributed by atoms with Crippen LogP contribution in [0.1, 0.15) is 12.8 Å². The van der Waals surface area contributed by atoms with Crippen LogP contribution in [0.2, 0.25) is 0 Å². The summed E-state index contributed by atoms with van der Waals surface area (Å²) in [4.78, 5) is 10.7. The predicted molar refractivity (Wildman–Crippen MR) is 74.8 cm³/mol. The van der Waals surface area contributed by atoms with Crippen molar-refractivity contribution in [2.45, 2.75) is 17.7 Å². The first-order valence-electron chi connectivity index (χ1n) is 6.07. The number of halogens is 2. The molecule has 1 amide bonds. The predicted octanol–water partition coefficient (Wildman–Crippen LogP) is 1.47. The molecule has 20 heavy (non-hydrogen) atoms. The van der Waals surface area contributed by atoms with Gasteiger partial charge < -0.3 is 5.73 Å². The number of hydrogen-bond donors (Lipinski definition) is 1. The Balaban J connectivity index is 2.22. The van der Waals surface area contributed by atoms with Gasteiger partial charge in [0.05, 0.1) is 0 Å². The molecule has 1 saturated heterocycles. The molecule has 0 atom stereocenters. The number of hydrogen-bond acceptors (Lipinski definition) is 3. The lowest BCUT2D eigenvalue weighted by molar-refractivity contribution is -0.122. The lowest BCUT2D eigenvalue weighted by Gasteiger charge is -2.29. The highest BCUT2D eigenvalue weighted by Gasteiger charge is 2.32. The van der Waals surface area contributed by atoms with E-state index in [2.05, 4.69) is 15.9 Å². The molecule has 1 aromatic rings. The van der Waals surface area contributed by atoms with Crippen LogP contribution in [0.5, 0.6) is 0 Å². The average molecular weight is 365 g/mol. The third-order valence-corrected chi connectivity index (χ3v) is 5.79. The maximum atomic E-state index is 13.8. The van der Waals surface area contributed by atoms with Gasteiger partial charge in [-0.2, -0.15) is 4.31 Å². The van der Waals surface area contributed by atoms with Gasteiger partial charge in [0.1, 0.15) is 10.7 Å². The van der Waals surface area contributed by atoms with Crippen LogP contribution in [0.25, 0.3) is 0 Å². The summed E-state index contributed by atoms with van der Waals surface area (Å²) in [6, 6.07) is 3.82. The molecule has 0 bridgehead atoms. The number of piperidine rings is 1. The molecule has 110 valence electrons. The molecular weight excluding hydrogens is 351 g/mol. The zero-order valence-electron chi connectivity index (χ0n) is 10.6. The van der Waals surface area contributed by atoms with E-state index < -0.39 is 21.7 Å². The second-order valence-corrected chi connectivity index (χ2v) is 7.48. The van der Waals surface area contributed by atoms with Gasteiger partial charge in [-0.05, 0) is 31.0 Å². The summed E-state index contributed by atoms with van der Waals surface area (Å²) in [7, 11) is -3.87. The van der Waals surface area contributed by atoms with Gasteiger partial charge in [-0.3, -0.25) is 4.79 Å². The van der Waals surface area contributed by atoms with E-state index in [1.807, 2.05) is 0 Å². The molecule has 0 radical (unpaired) electrons. The summed E-state index contributed by atoms with van der Waals surface area (Å²) in [5.41, 5.74) is 5.20. The van der Waals surface area contributed by atoms with Crippen LogP contribution in [-0.4, -0.2) is 31.7 Å². The largest absolute Gasteiger partial charge is 0.369 e. The third-order valence-electron chi connectivity index (χ3n) is 3.37. The van der Waals surface area contributed by atoms with Gasteiger partial charge in [-0.1, -0.05) is 15.9 Å². The quantitative estimate of drug-likeness (QED) is 0.881. The van der Waals surface area contributed by atoms with E-state index in [1.54, 1.807) is 0 Å². The van der Waals surface area contributed by atoms with E-state index in [0.717, 1.165) is 6.07 Å². The van der Waals surface area contributed by atoms with Crippen molar-refractivity contribution in [1.29, 1.82) is 0 Å². The number of benzene rings is 1. The Hall–Kier alpha value is -0.990. The van der Waals surface area contributed by atoms with Gasteiger partial charge in [0.15, 0.2) is 0 Å². The third kappa shape index (κ3) is 3.02. The lowest BCUT2D eigenvalue weighted by atomic mass is 9.98. The molecule has 2 N–H and O–H groups in total. The number of sulfonamides is 1. The van der Waals surface area contributed by atoms with Crippen molar-refractivity contribution < 1.29 is 17.6 Å². The van der Waals surface area contributed by atoms with Gasteiger partial charge in [0, 0.05) is 23.5 Å². The molecule has 5 nitrogen and oxygen atoms in total. The molecular formula is C12H14BrFN2O3S. The molecule has 1 fully saturated rings. The minimum Gasteiger partial charge on any atom is -0.369 e. The Kier molecular flexibility index (Phi) is 4.46. The lowest BCUT2D eigenvalue weighted by Crippen LogP contribution is -2.41. The van der Waals surface area contributed by atoms with Gasteiger partial charge in [-0.25, -0.2) is 12.8 Å². The molecule has 0 aromatic heterocycles. The van der Waals surface area contributed by atoms with Crippen molar-refractivity contribution in [2.75, 3.05) is 13.1 Å². The van der Waals surface area contributed by atoms with Crippen molar-refractivity contribution in [1.82, 2.24) is 4.31 Å². The van der Waals surface area contributed by atoms with Gasteiger partial charge in [0.25, 0.3) is 0 Å². The number of carbonyl (C=O) groups is 1. The maximum absolute atomic E-state index is 13.8. The minimum atomic E-state index is -3.87. The van der Waals surface area contributed by atoms with Crippen molar-refractivity contribution in [3.8, 4) is 0 Å². The van der Waals surface area contributed by atoms with Crippen molar-refractivity contribution in [3.63, 3.8) is 0 Å². The number of rotatable bonds is 3. The molecule has 2 rings (SSSR count). The normalized spacial score (nSPS) is 18.1. The van der Waals surface area contributed by atoms with E-state index >= 15 is 0 Å². The van der Waals surface area contributed by atoms with Gasteiger partial charge in [0.2, 0.25) is 15.9 Å². The first-order chi connectivity index (χ1) is 9.32. The second-order valence-electron chi connectivity index (χ2n) is 4.66. The van der Waals surface area contributed by atoms with E-state index in [-0.39, 0.29) is 23.9 Å². The average Bonchev–Trinajstić information content (AvgIpc) is 2.38. The zero-order chi connectivity index (χ0) is 14.9. The van der Waals surface area contributed by atoms with Crippen LogP contribution in [-0.2, 0) is 14.8 Å². The maximum Gasteiger partial charge on any atom is 0.245 e. The SMILES string of the molecule is NC(=O)C1CCN(S(=O)(=O)c2ccc(Br)cc2F)CC1. The molecule has 1 heterocycles. The fraction of sp³-hybridized carbons (Fsp3) is 0.417. The Morgan fingerprint density at radius 3 is 2.45 bits per heavy atom. The van der Waals surface area contributed by atoms with E-state index in [0.29, 0.717) is 17.3 Å². The summed E-state index contributed by atoms with van der Waals surface area (Å²) in [6.45, 7) is 0.344. The molecule has 1 aliphatic heterocycles. The standard InChI is InChI=1S/C12H14BrFN2O3S/c13-9-1-2-11(10(14)7-9)20(18,19)16-5-3-8(4-6-16)12(15)17/h1-2,7-8H,3-6H2,(H2,15,17). The first-order valence-corrected chi connectivity index (χ1v) is 8.30. The Bertz CT molecular complexity index is 628. The Morgan fingerprint density at radius 2 is 1.95 bits per heavy atom. The number of nitrogens with two attached hydrogens (primary N) is 1. The summed E-state index contributed by atoms with van der Waals surface area (Å²) in [6.07, 6.45) is 0.736. The molecule has 0 saturated carbocycles. The Labute approximate surface area is 125 Å². The first kappa shape index (κ1) is 15.4. The fourth-order valence-electron chi connectivity index (χ4n) is 2.20. The highest BCUT2D eigenvalue weighted by Crippen LogP contribution is 2.26. The topological polar surface area (TPSA) is 80.5 Å².